The Labute approximate surface area is 73.3 Å². The van der Waals surface area contributed by atoms with Crippen molar-refractivity contribution in [1.29, 1.82) is 0 Å². The molecule has 0 amide bonds. The number of hydrogen-bond acceptors (Lipinski definition) is 0. The van der Waals surface area contributed by atoms with Gasteiger partial charge in [-0.15, -0.1) is 0 Å². The highest BCUT2D eigenvalue weighted by Crippen LogP contribution is 2.58. The molecule has 11 heavy (non-hydrogen) atoms. The minimum absolute atomic E-state index is 0.827. The molecule has 1 heteroatoms. The molecular weight excluding hydrogens is 156 g/mol. The molecule has 4 bridgehead atoms. The molecule has 0 heterocycles. The topological polar surface area (TPSA) is 0 Å². The van der Waals surface area contributed by atoms with E-state index in [1.807, 2.05) is 0 Å². The maximum absolute atomic E-state index is 6.29. The zero-order valence-corrected chi connectivity index (χ0v) is 7.48. The summed E-state index contributed by atoms with van der Waals surface area (Å²) >= 11 is 6.29. The lowest BCUT2D eigenvalue weighted by Crippen LogP contribution is -2.41. The quantitative estimate of drug-likeness (QED) is 0.489. The Morgan fingerprint density at radius 3 is 1.73 bits per heavy atom. The van der Waals surface area contributed by atoms with E-state index in [4.69, 9.17) is 11.6 Å². The summed E-state index contributed by atoms with van der Waals surface area (Å²) in [5.74, 6) is 3.76. The summed E-state index contributed by atoms with van der Waals surface area (Å²) in [5, 5.41) is 1.34. The Morgan fingerprint density at radius 2 is 1.27 bits per heavy atom. The lowest BCUT2D eigenvalue weighted by Gasteiger charge is -2.45. The van der Waals surface area contributed by atoms with E-state index in [0.717, 1.165) is 23.7 Å². The molecule has 0 radical (unpaired) electrons. The van der Waals surface area contributed by atoms with Crippen LogP contribution in [0.15, 0.2) is 0 Å². The number of hydrogen-bond donors (Lipinski definition) is 0. The SMILES string of the molecule is Cl[C+]1C2CC3CC(C2)CC1C3. The summed E-state index contributed by atoms with van der Waals surface area (Å²) in [7, 11) is 0. The summed E-state index contributed by atoms with van der Waals surface area (Å²) in [6, 6.07) is 0. The number of halogens is 1. The van der Waals surface area contributed by atoms with Crippen LogP contribution in [0.3, 0.4) is 0 Å². The van der Waals surface area contributed by atoms with Gasteiger partial charge in [0.2, 0.25) is 5.38 Å². The van der Waals surface area contributed by atoms with Crippen molar-refractivity contribution in [2.75, 3.05) is 0 Å². The summed E-state index contributed by atoms with van der Waals surface area (Å²) in [5.41, 5.74) is 0. The van der Waals surface area contributed by atoms with Gasteiger partial charge < -0.3 is 0 Å². The van der Waals surface area contributed by atoms with Crippen LogP contribution in [0.1, 0.15) is 32.1 Å². The lowest BCUT2D eigenvalue weighted by molar-refractivity contribution is 0.0567. The fourth-order valence-electron chi connectivity index (χ4n) is 3.63. The molecule has 4 saturated carbocycles. The van der Waals surface area contributed by atoms with E-state index in [2.05, 4.69) is 0 Å². The first kappa shape index (κ1) is 6.65. The predicted octanol–water partition coefficient (Wildman–Crippen LogP) is 3.21. The maximum atomic E-state index is 6.29. The van der Waals surface area contributed by atoms with Crippen molar-refractivity contribution in [1.82, 2.24) is 0 Å². The van der Waals surface area contributed by atoms with Gasteiger partial charge in [-0.05, 0) is 43.9 Å². The van der Waals surface area contributed by atoms with Crippen molar-refractivity contribution in [2.24, 2.45) is 23.7 Å². The third-order valence-electron chi connectivity index (χ3n) is 3.92. The van der Waals surface area contributed by atoms with Crippen LogP contribution in [0.25, 0.3) is 0 Å². The van der Waals surface area contributed by atoms with Crippen LogP contribution in [0.4, 0.5) is 0 Å². The molecule has 0 atom stereocenters. The van der Waals surface area contributed by atoms with Crippen molar-refractivity contribution >= 4 is 11.6 Å². The molecule has 0 nitrogen and oxygen atoms in total. The second-order valence-corrected chi connectivity index (χ2v) is 5.13. The molecule has 0 aromatic heterocycles. The Kier molecular flexibility index (Phi) is 1.27. The van der Waals surface area contributed by atoms with Gasteiger partial charge in [0.1, 0.15) is 23.4 Å². The Morgan fingerprint density at radius 1 is 0.818 bits per heavy atom. The third-order valence-corrected chi connectivity index (χ3v) is 4.54. The Hall–Kier alpha value is 0.160. The van der Waals surface area contributed by atoms with E-state index >= 15 is 0 Å². The molecule has 0 aromatic rings. The predicted molar refractivity (Wildman–Crippen MR) is 46.1 cm³/mol. The average Bonchev–Trinajstić information content (AvgIpc) is 1.98. The zero-order valence-electron chi connectivity index (χ0n) is 6.72. The van der Waals surface area contributed by atoms with Gasteiger partial charge in [-0.25, -0.2) is 0 Å². The summed E-state index contributed by atoms with van der Waals surface area (Å²) in [6.07, 6.45) is 7.21. The van der Waals surface area contributed by atoms with E-state index in [0.29, 0.717) is 0 Å². The average molecular weight is 170 g/mol. The highest BCUT2D eigenvalue weighted by atomic mass is 35.5. The maximum Gasteiger partial charge on any atom is 0.206 e. The van der Waals surface area contributed by atoms with Crippen LogP contribution in [0.5, 0.6) is 0 Å². The molecule has 0 spiro atoms. The molecule has 0 aromatic carbocycles. The van der Waals surface area contributed by atoms with Crippen LogP contribution in [0, 0.1) is 29.0 Å². The Balaban J connectivity index is 1.91. The molecule has 4 rings (SSSR count). The first-order chi connectivity index (χ1) is 5.33. The van der Waals surface area contributed by atoms with Gasteiger partial charge in [-0.3, -0.25) is 0 Å². The third kappa shape index (κ3) is 0.853. The van der Waals surface area contributed by atoms with Crippen molar-refractivity contribution in [3.05, 3.63) is 5.38 Å². The molecule has 4 aliphatic carbocycles. The van der Waals surface area contributed by atoms with E-state index in [9.17, 15) is 0 Å². The second kappa shape index (κ2) is 2.10. The summed E-state index contributed by atoms with van der Waals surface area (Å²) < 4.78 is 0. The zero-order chi connectivity index (χ0) is 7.42. The van der Waals surface area contributed by atoms with Crippen LogP contribution in [0.2, 0.25) is 0 Å². The largest absolute Gasteiger partial charge is 0.206 e. The van der Waals surface area contributed by atoms with Crippen LogP contribution >= 0.6 is 11.6 Å². The van der Waals surface area contributed by atoms with E-state index in [1.165, 1.54) is 37.5 Å². The second-order valence-electron chi connectivity index (χ2n) is 4.69. The van der Waals surface area contributed by atoms with E-state index in [-0.39, 0.29) is 0 Å². The molecule has 4 fully saturated rings. The normalized spacial score (nSPS) is 53.7. The number of rotatable bonds is 0. The van der Waals surface area contributed by atoms with Gasteiger partial charge >= 0.3 is 0 Å². The van der Waals surface area contributed by atoms with Gasteiger partial charge in [0, 0.05) is 0 Å². The molecule has 4 aliphatic rings. The molecule has 0 unspecified atom stereocenters. The van der Waals surface area contributed by atoms with Crippen molar-refractivity contribution in [2.45, 2.75) is 32.1 Å². The fourth-order valence-corrected chi connectivity index (χ4v) is 3.99. The van der Waals surface area contributed by atoms with E-state index < -0.39 is 0 Å². The summed E-state index contributed by atoms with van der Waals surface area (Å²) in [6.45, 7) is 0. The monoisotopic (exact) mass is 169 g/mol. The van der Waals surface area contributed by atoms with Crippen molar-refractivity contribution in [3.63, 3.8) is 0 Å². The molecule has 0 aliphatic heterocycles. The van der Waals surface area contributed by atoms with Crippen LogP contribution < -0.4 is 0 Å². The molecular formula is C10H14Cl+. The fraction of sp³-hybridized carbons (Fsp3) is 0.900. The van der Waals surface area contributed by atoms with E-state index in [1.54, 1.807) is 0 Å². The molecule has 0 saturated heterocycles. The van der Waals surface area contributed by atoms with Gasteiger partial charge in [-0.2, -0.15) is 0 Å². The minimum Gasteiger partial charge on any atom is -0.0469 e. The van der Waals surface area contributed by atoms with Gasteiger partial charge in [-0.1, -0.05) is 0 Å². The highest BCUT2D eigenvalue weighted by molar-refractivity contribution is 6.27. The Bertz CT molecular complexity index is 148. The van der Waals surface area contributed by atoms with Gasteiger partial charge in [0.05, 0.1) is 0 Å². The summed E-state index contributed by atoms with van der Waals surface area (Å²) in [4.78, 5) is 0. The first-order valence-corrected chi connectivity index (χ1v) is 5.23. The standard InChI is InChI=1S/C10H14Cl/c11-10-8-2-6-1-7(4-8)5-9(10)3-6/h6-9H,1-5H2/q+1. The molecule has 0 N–H and O–H groups in total. The molecule has 60 valence electrons. The smallest absolute Gasteiger partial charge is 0.0469 e. The van der Waals surface area contributed by atoms with Crippen LogP contribution in [-0.2, 0) is 0 Å². The highest BCUT2D eigenvalue weighted by Gasteiger charge is 2.55. The first-order valence-electron chi connectivity index (χ1n) is 4.85. The van der Waals surface area contributed by atoms with Crippen molar-refractivity contribution < 1.29 is 0 Å². The van der Waals surface area contributed by atoms with Crippen LogP contribution in [-0.4, -0.2) is 0 Å². The van der Waals surface area contributed by atoms with Gasteiger partial charge in [0.15, 0.2) is 0 Å². The van der Waals surface area contributed by atoms with Crippen molar-refractivity contribution in [3.8, 4) is 0 Å². The lowest BCUT2D eigenvalue weighted by atomic mass is 9.56. The van der Waals surface area contributed by atoms with Gasteiger partial charge in [0.25, 0.3) is 0 Å². The minimum atomic E-state index is 0.827.